The molecule has 0 aliphatic rings. The van der Waals surface area contributed by atoms with E-state index in [2.05, 4.69) is 4.42 Å². The van der Waals surface area contributed by atoms with E-state index in [0.717, 1.165) is 0 Å². The van der Waals surface area contributed by atoms with Crippen LogP contribution in [0.3, 0.4) is 0 Å². The van der Waals surface area contributed by atoms with Crippen LogP contribution in [0.1, 0.15) is 15.9 Å². The normalized spacial score (nSPS) is 9.70. The zero-order valence-corrected chi connectivity index (χ0v) is 5.76. The van der Waals surface area contributed by atoms with Gasteiger partial charge < -0.3 is 9.52 Å². The summed E-state index contributed by atoms with van der Waals surface area (Å²) in [5.41, 5.74) is 0.643. The van der Waals surface area contributed by atoms with Crippen LogP contribution in [0.2, 0.25) is 0 Å². The molecule has 3 nitrogen and oxygen atoms in total. The van der Waals surface area contributed by atoms with Crippen LogP contribution in [0.4, 0.5) is 0 Å². The summed E-state index contributed by atoms with van der Waals surface area (Å²) in [7, 11) is 0. The number of hydrogen-bond acceptors (Lipinski definition) is 2. The third kappa shape index (κ3) is 1.14. The lowest BCUT2D eigenvalue weighted by Crippen LogP contribution is -1.96. The third-order valence-electron chi connectivity index (χ3n) is 1.12. The molecule has 1 N–H and O–H groups in total. The molecule has 0 amide bonds. The zero-order chi connectivity index (χ0) is 7.56. The van der Waals surface area contributed by atoms with Crippen molar-refractivity contribution in [3.63, 3.8) is 0 Å². The highest BCUT2D eigenvalue weighted by molar-refractivity contribution is 6.17. The summed E-state index contributed by atoms with van der Waals surface area (Å²) in [6.07, 6.45) is 2.50. The molecule has 0 unspecified atom stereocenters. The molecule has 0 bridgehead atoms. The van der Waals surface area contributed by atoms with Crippen molar-refractivity contribution in [2.45, 2.75) is 5.88 Å². The van der Waals surface area contributed by atoms with Gasteiger partial charge in [0.15, 0.2) is 0 Å². The molecule has 0 aliphatic carbocycles. The van der Waals surface area contributed by atoms with Crippen LogP contribution < -0.4 is 0 Å². The summed E-state index contributed by atoms with van der Waals surface area (Å²) >= 11 is 5.39. The van der Waals surface area contributed by atoms with Gasteiger partial charge in [0.1, 0.15) is 11.8 Å². The first-order valence-corrected chi connectivity index (χ1v) is 3.13. The SMILES string of the molecule is O=C(O)c1cocc1CCl. The first kappa shape index (κ1) is 7.15. The van der Waals surface area contributed by atoms with Gasteiger partial charge in [-0.2, -0.15) is 0 Å². The highest BCUT2D eigenvalue weighted by Crippen LogP contribution is 2.12. The number of rotatable bonds is 2. The Kier molecular flexibility index (Phi) is 1.97. The van der Waals surface area contributed by atoms with Crippen molar-refractivity contribution in [2.24, 2.45) is 0 Å². The minimum atomic E-state index is -1.01. The summed E-state index contributed by atoms with van der Waals surface area (Å²) in [5, 5.41) is 8.47. The van der Waals surface area contributed by atoms with Crippen LogP contribution >= 0.6 is 11.6 Å². The van der Waals surface area contributed by atoms with Gasteiger partial charge in [-0.1, -0.05) is 0 Å². The molecule has 0 aromatic carbocycles. The summed E-state index contributed by atoms with van der Waals surface area (Å²) in [6.45, 7) is 0. The standard InChI is InChI=1S/C6H5ClO3/c7-1-4-2-10-3-5(4)6(8)9/h2-3H,1H2,(H,8,9). The Bertz CT molecular complexity index is 241. The van der Waals surface area contributed by atoms with Crippen LogP contribution in [0.25, 0.3) is 0 Å². The van der Waals surface area contributed by atoms with Gasteiger partial charge in [-0.05, 0) is 0 Å². The van der Waals surface area contributed by atoms with Crippen molar-refractivity contribution in [1.82, 2.24) is 0 Å². The van der Waals surface area contributed by atoms with Crippen molar-refractivity contribution < 1.29 is 14.3 Å². The molecule has 0 saturated carbocycles. The molecule has 0 fully saturated rings. The van der Waals surface area contributed by atoms with Gasteiger partial charge in [0, 0.05) is 5.56 Å². The molecule has 0 spiro atoms. The Balaban J connectivity index is 3.01. The zero-order valence-electron chi connectivity index (χ0n) is 5.00. The molecule has 1 aromatic rings. The lowest BCUT2D eigenvalue weighted by Gasteiger charge is -1.88. The number of carboxylic acid groups (broad SMARTS) is 1. The van der Waals surface area contributed by atoms with Crippen LogP contribution in [-0.4, -0.2) is 11.1 Å². The van der Waals surface area contributed by atoms with Crippen LogP contribution in [0.5, 0.6) is 0 Å². The Labute approximate surface area is 62.2 Å². The Morgan fingerprint density at radius 3 is 2.80 bits per heavy atom. The maximum atomic E-state index is 10.3. The monoisotopic (exact) mass is 160 g/mol. The summed E-state index contributed by atoms with van der Waals surface area (Å²) < 4.78 is 4.63. The largest absolute Gasteiger partial charge is 0.478 e. The Morgan fingerprint density at radius 2 is 2.40 bits per heavy atom. The number of hydrogen-bond donors (Lipinski definition) is 1. The van der Waals surface area contributed by atoms with Gasteiger partial charge in [0.05, 0.1) is 12.1 Å². The van der Waals surface area contributed by atoms with E-state index in [-0.39, 0.29) is 11.4 Å². The summed E-state index contributed by atoms with van der Waals surface area (Å²) in [5.74, 6) is -0.845. The van der Waals surface area contributed by atoms with Crippen LogP contribution in [0.15, 0.2) is 16.9 Å². The van der Waals surface area contributed by atoms with Crippen LogP contribution in [0, 0.1) is 0 Å². The minimum absolute atomic E-state index is 0.134. The van der Waals surface area contributed by atoms with Crippen LogP contribution in [-0.2, 0) is 5.88 Å². The molecule has 0 radical (unpaired) electrons. The van der Waals surface area contributed by atoms with Crippen molar-refractivity contribution in [3.8, 4) is 0 Å². The van der Waals surface area contributed by atoms with Crippen molar-refractivity contribution in [1.29, 1.82) is 0 Å². The van der Waals surface area contributed by atoms with E-state index < -0.39 is 5.97 Å². The molecule has 0 saturated heterocycles. The second-order valence-corrected chi connectivity index (χ2v) is 2.02. The van der Waals surface area contributed by atoms with E-state index in [4.69, 9.17) is 16.7 Å². The molecule has 1 heterocycles. The van der Waals surface area contributed by atoms with Gasteiger partial charge in [0.2, 0.25) is 0 Å². The lowest BCUT2D eigenvalue weighted by atomic mass is 10.2. The molecule has 10 heavy (non-hydrogen) atoms. The first-order chi connectivity index (χ1) is 4.75. The van der Waals surface area contributed by atoms with Crippen molar-refractivity contribution in [3.05, 3.63) is 23.7 Å². The second kappa shape index (κ2) is 2.75. The molecule has 0 atom stereocenters. The fourth-order valence-electron chi connectivity index (χ4n) is 0.615. The fourth-order valence-corrected chi connectivity index (χ4v) is 0.822. The van der Waals surface area contributed by atoms with Crippen molar-refractivity contribution in [2.75, 3.05) is 0 Å². The predicted octanol–water partition coefficient (Wildman–Crippen LogP) is 1.72. The fraction of sp³-hybridized carbons (Fsp3) is 0.167. The highest BCUT2D eigenvalue weighted by Gasteiger charge is 2.10. The summed E-state index contributed by atoms with van der Waals surface area (Å²) in [6, 6.07) is 0. The predicted molar refractivity (Wildman–Crippen MR) is 35.2 cm³/mol. The minimum Gasteiger partial charge on any atom is -0.478 e. The smallest absolute Gasteiger partial charge is 0.339 e. The first-order valence-electron chi connectivity index (χ1n) is 2.60. The van der Waals surface area contributed by atoms with E-state index in [9.17, 15) is 4.79 Å². The van der Waals surface area contributed by atoms with E-state index in [1.807, 2.05) is 0 Å². The molecule has 54 valence electrons. The highest BCUT2D eigenvalue weighted by atomic mass is 35.5. The molecule has 1 aromatic heterocycles. The van der Waals surface area contributed by atoms with Gasteiger partial charge in [-0.25, -0.2) is 4.79 Å². The number of alkyl halides is 1. The van der Waals surface area contributed by atoms with Gasteiger partial charge >= 0.3 is 5.97 Å². The van der Waals surface area contributed by atoms with Gasteiger partial charge in [-0.3, -0.25) is 0 Å². The molecule has 1 rings (SSSR count). The Morgan fingerprint density at radius 1 is 1.70 bits per heavy atom. The molecule has 4 heteroatoms. The van der Waals surface area contributed by atoms with E-state index in [1.165, 1.54) is 12.5 Å². The Hall–Kier alpha value is -0.960. The number of furan rings is 1. The topological polar surface area (TPSA) is 50.4 Å². The van der Waals surface area contributed by atoms with Gasteiger partial charge in [0.25, 0.3) is 0 Å². The number of halogens is 1. The maximum absolute atomic E-state index is 10.3. The van der Waals surface area contributed by atoms with Crippen molar-refractivity contribution >= 4 is 17.6 Å². The average molecular weight is 161 g/mol. The quantitative estimate of drug-likeness (QED) is 0.671. The van der Waals surface area contributed by atoms with E-state index in [1.54, 1.807) is 0 Å². The second-order valence-electron chi connectivity index (χ2n) is 1.75. The van der Waals surface area contributed by atoms with E-state index >= 15 is 0 Å². The lowest BCUT2D eigenvalue weighted by molar-refractivity contribution is 0.0695. The van der Waals surface area contributed by atoms with Gasteiger partial charge in [-0.15, -0.1) is 11.6 Å². The number of carboxylic acids is 1. The number of carbonyl (C=O) groups is 1. The third-order valence-corrected chi connectivity index (χ3v) is 1.40. The van der Waals surface area contributed by atoms with E-state index in [0.29, 0.717) is 5.56 Å². The molecule has 0 aliphatic heterocycles. The average Bonchev–Trinajstić information content (AvgIpc) is 2.33. The molecular formula is C6H5ClO3. The summed E-state index contributed by atoms with van der Waals surface area (Å²) in [4.78, 5) is 10.3. The molecular weight excluding hydrogens is 156 g/mol. The maximum Gasteiger partial charge on any atom is 0.339 e. The number of aromatic carboxylic acids is 1.